The van der Waals surface area contributed by atoms with E-state index in [0.717, 1.165) is 0 Å². The molecule has 0 atom stereocenters. The van der Waals surface area contributed by atoms with E-state index in [-0.39, 0.29) is 6.04 Å². The first-order valence-electron chi connectivity index (χ1n) is 4.65. The van der Waals surface area contributed by atoms with Crippen LogP contribution in [0.25, 0.3) is 0 Å². The molecule has 1 aromatic heterocycles. The smallest absolute Gasteiger partial charge is 0.379 e. The summed E-state index contributed by atoms with van der Waals surface area (Å²) in [6.45, 7) is 5.58. The fourth-order valence-corrected chi connectivity index (χ4v) is 1.17. The Morgan fingerprint density at radius 3 is 2.47 bits per heavy atom. The minimum absolute atomic E-state index is 0.155. The van der Waals surface area contributed by atoms with E-state index < -0.39 is 11.8 Å². The van der Waals surface area contributed by atoms with E-state index in [4.69, 9.17) is 0 Å². The highest BCUT2D eigenvalue weighted by molar-refractivity contribution is 6.40. The summed E-state index contributed by atoms with van der Waals surface area (Å²) in [5, 5.41) is 4.14. The normalized spacial score (nSPS) is 10.5. The van der Waals surface area contributed by atoms with Crippen LogP contribution < -0.4 is 0 Å². The molecule has 0 aliphatic rings. The number of esters is 1. The second-order valence-electron chi connectivity index (χ2n) is 3.52. The maximum Gasteiger partial charge on any atom is 0.379 e. The molecule has 0 saturated heterocycles. The van der Waals surface area contributed by atoms with Gasteiger partial charge in [-0.25, -0.2) is 4.79 Å². The second kappa shape index (κ2) is 4.25. The Morgan fingerprint density at radius 1 is 1.47 bits per heavy atom. The van der Waals surface area contributed by atoms with Gasteiger partial charge in [-0.05, 0) is 20.8 Å². The molecule has 1 rings (SSSR count). The molecule has 0 N–H and O–H groups in total. The highest BCUT2D eigenvalue weighted by Gasteiger charge is 2.21. The average Bonchev–Trinajstić information content (AvgIpc) is 2.58. The third-order valence-electron chi connectivity index (χ3n) is 2.06. The molecule has 82 valence electrons. The van der Waals surface area contributed by atoms with Crippen LogP contribution in [0.4, 0.5) is 0 Å². The van der Waals surface area contributed by atoms with Gasteiger partial charge in [0.1, 0.15) is 0 Å². The summed E-state index contributed by atoms with van der Waals surface area (Å²) in [6.07, 6.45) is 1.57. The predicted octanol–water partition coefficient (Wildman–Crippen LogP) is 1.13. The lowest BCUT2D eigenvalue weighted by atomic mass is 10.2. The maximum absolute atomic E-state index is 11.5. The standard InChI is InChI=1S/C10H14N2O3/c1-6(2)12-5-8(7(3)11-12)9(13)10(14)15-4/h5-6H,1-4H3. The van der Waals surface area contributed by atoms with Gasteiger partial charge in [0.25, 0.3) is 5.78 Å². The fraction of sp³-hybridized carbons (Fsp3) is 0.500. The van der Waals surface area contributed by atoms with Crippen molar-refractivity contribution in [1.29, 1.82) is 0 Å². The zero-order valence-corrected chi connectivity index (χ0v) is 9.27. The molecule has 0 amide bonds. The molecule has 0 aromatic carbocycles. The number of ketones is 1. The summed E-state index contributed by atoms with van der Waals surface area (Å²) < 4.78 is 6.01. The van der Waals surface area contributed by atoms with Crippen molar-refractivity contribution < 1.29 is 14.3 Å². The van der Waals surface area contributed by atoms with Crippen molar-refractivity contribution in [3.63, 3.8) is 0 Å². The summed E-state index contributed by atoms with van der Waals surface area (Å²) in [5.41, 5.74) is 0.842. The Balaban J connectivity index is 3.05. The van der Waals surface area contributed by atoms with Crippen LogP contribution >= 0.6 is 0 Å². The number of carbonyl (C=O) groups is 2. The van der Waals surface area contributed by atoms with Gasteiger partial charge in [0.15, 0.2) is 0 Å². The first-order valence-corrected chi connectivity index (χ1v) is 4.65. The lowest BCUT2D eigenvalue weighted by Crippen LogP contribution is -2.16. The Bertz CT molecular complexity index is 393. The zero-order chi connectivity index (χ0) is 11.6. The Morgan fingerprint density at radius 2 is 2.07 bits per heavy atom. The van der Waals surface area contributed by atoms with Gasteiger partial charge in [-0.1, -0.05) is 0 Å². The number of rotatable bonds is 3. The summed E-state index contributed by atoms with van der Waals surface area (Å²) in [7, 11) is 1.18. The van der Waals surface area contributed by atoms with Crippen molar-refractivity contribution in [2.45, 2.75) is 26.8 Å². The first-order chi connectivity index (χ1) is 6.97. The third-order valence-corrected chi connectivity index (χ3v) is 2.06. The molecule has 0 fully saturated rings. The van der Waals surface area contributed by atoms with Gasteiger partial charge >= 0.3 is 5.97 Å². The van der Waals surface area contributed by atoms with Crippen LogP contribution in [0.15, 0.2) is 6.20 Å². The van der Waals surface area contributed by atoms with E-state index in [1.807, 2.05) is 13.8 Å². The highest BCUT2D eigenvalue weighted by atomic mass is 16.5. The topological polar surface area (TPSA) is 61.2 Å². The Labute approximate surface area is 88.0 Å². The van der Waals surface area contributed by atoms with Gasteiger partial charge in [-0.2, -0.15) is 5.10 Å². The number of methoxy groups -OCH3 is 1. The van der Waals surface area contributed by atoms with Gasteiger partial charge in [0, 0.05) is 12.2 Å². The summed E-state index contributed by atoms with van der Waals surface area (Å²) in [6, 6.07) is 0.155. The van der Waals surface area contributed by atoms with Gasteiger partial charge < -0.3 is 4.74 Å². The molecule has 1 aromatic rings. The number of aryl methyl sites for hydroxylation is 1. The number of hydrogen-bond acceptors (Lipinski definition) is 4. The van der Waals surface area contributed by atoms with E-state index in [1.165, 1.54) is 7.11 Å². The monoisotopic (exact) mass is 210 g/mol. The van der Waals surface area contributed by atoms with E-state index >= 15 is 0 Å². The van der Waals surface area contributed by atoms with Crippen molar-refractivity contribution in [2.24, 2.45) is 0 Å². The van der Waals surface area contributed by atoms with Crippen molar-refractivity contribution in [1.82, 2.24) is 9.78 Å². The first kappa shape index (κ1) is 11.4. The van der Waals surface area contributed by atoms with Crippen LogP contribution in [0.5, 0.6) is 0 Å². The van der Waals surface area contributed by atoms with Crippen molar-refractivity contribution in [2.75, 3.05) is 7.11 Å². The van der Waals surface area contributed by atoms with E-state index in [2.05, 4.69) is 9.84 Å². The largest absolute Gasteiger partial charge is 0.463 e. The van der Waals surface area contributed by atoms with E-state index in [0.29, 0.717) is 11.3 Å². The number of ether oxygens (including phenoxy) is 1. The number of hydrogen-bond donors (Lipinski definition) is 0. The predicted molar refractivity (Wildman–Crippen MR) is 53.7 cm³/mol. The van der Waals surface area contributed by atoms with Crippen LogP contribution in [-0.4, -0.2) is 28.6 Å². The van der Waals surface area contributed by atoms with Crippen LogP contribution in [-0.2, 0) is 9.53 Å². The highest BCUT2D eigenvalue weighted by Crippen LogP contribution is 2.11. The van der Waals surface area contributed by atoms with Crippen LogP contribution in [0.3, 0.4) is 0 Å². The molecule has 0 unspecified atom stereocenters. The van der Waals surface area contributed by atoms with Crippen LogP contribution in [0, 0.1) is 6.92 Å². The molecule has 0 saturated carbocycles. The second-order valence-corrected chi connectivity index (χ2v) is 3.52. The average molecular weight is 210 g/mol. The molecule has 0 bridgehead atoms. The lowest BCUT2D eigenvalue weighted by Gasteiger charge is -2.02. The van der Waals surface area contributed by atoms with Crippen LogP contribution in [0.1, 0.15) is 35.9 Å². The summed E-state index contributed by atoms with van der Waals surface area (Å²) >= 11 is 0. The number of carbonyl (C=O) groups excluding carboxylic acids is 2. The molecular weight excluding hydrogens is 196 g/mol. The minimum Gasteiger partial charge on any atom is -0.463 e. The van der Waals surface area contributed by atoms with E-state index in [9.17, 15) is 9.59 Å². The maximum atomic E-state index is 11.5. The molecule has 0 spiro atoms. The lowest BCUT2D eigenvalue weighted by molar-refractivity contribution is -0.135. The van der Waals surface area contributed by atoms with Crippen molar-refractivity contribution in [3.8, 4) is 0 Å². The number of aromatic nitrogens is 2. The molecule has 1 heterocycles. The zero-order valence-electron chi connectivity index (χ0n) is 9.27. The third kappa shape index (κ3) is 2.23. The summed E-state index contributed by atoms with van der Waals surface area (Å²) in [4.78, 5) is 22.5. The molecule has 15 heavy (non-hydrogen) atoms. The molecule has 0 radical (unpaired) electrons. The molecule has 5 heteroatoms. The van der Waals surface area contributed by atoms with Gasteiger partial charge in [0.05, 0.1) is 18.4 Å². The minimum atomic E-state index is -0.860. The summed E-state index contributed by atoms with van der Waals surface area (Å²) in [5.74, 6) is -1.51. The number of nitrogens with zero attached hydrogens (tertiary/aromatic N) is 2. The molecule has 0 aliphatic carbocycles. The number of Topliss-reactive ketones (excluding diaryl/α,β-unsaturated/α-hetero) is 1. The van der Waals surface area contributed by atoms with Gasteiger partial charge in [-0.3, -0.25) is 9.48 Å². The van der Waals surface area contributed by atoms with Crippen molar-refractivity contribution in [3.05, 3.63) is 17.5 Å². The van der Waals surface area contributed by atoms with Crippen molar-refractivity contribution >= 4 is 11.8 Å². The Kier molecular flexibility index (Phi) is 3.24. The van der Waals surface area contributed by atoms with E-state index in [1.54, 1.807) is 17.8 Å². The molecular formula is C10H14N2O3. The van der Waals surface area contributed by atoms with Crippen LogP contribution in [0.2, 0.25) is 0 Å². The van der Waals surface area contributed by atoms with Gasteiger partial charge in [0.2, 0.25) is 0 Å². The fourth-order valence-electron chi connectivity index (χ4n) is 1.17. The molecule has 5 nitrogen and oxygen atoms in total. The quantitative estimate of drug-likeness (QED) is 0.426. The Hall–Kier alpha value is -1.65. The SMILES string of the molecule is COC(=O)C(=O)c1cn(C(C)C)nc1C. The van der Waals surface area contributed by atoms with Gasteiger partial charge in [-0.15, -0.1) is 0 Å². The molecule has 0 aliphatic heterocycles.